The fraction of sp³-hybridized carbons (Fsp3) is 0.364. The summed E-state index contributed by atoms with van der Waals surface area (Å²) in [7, 11) is 1.46. The van der Waals surface area contributed by atoms with Crippen LogP contribution in [0.4, 0.5) is 5.69 Å². The van der Waals surface area contributed by atoms with Crippen LogP contribution in [0.25, 0.3) is 0 Å². The van der Waals surface area contributed by atoms with Gasteiger partial charge in [0.05, 0.1) is 5.56 Å². The molecule has 0 fully saturated rings. The van der Waals surface area contributed by atoms with Crippen molar-refractivity contribution in [3.63, 3.8) is 0 Å². The van der Waals surface area contributed by atoms with E-state index in [4.69, 9.17) is 10.5 Å². The number of nitrogens with two attached hydrogens (primary N) is 1. The van der Waals surface area contributed by atoms with Gasteiger partial charge in [0.25, 0.3) is 0 Å². The second-order valence-corrected chi connectivity index (χ2v) is 3.36. The first-order chi connectivity index (χ1) is 7.06. The fourth-order valence-electron chi connectivity index (χ4n) is 1.28. The lowest BCUT2D eigenvalue weighted by Gasteiger charge is -2.08. The van der Waals surface area contributed by atoms with Gasteiger partial charge in [-0.05, 0) is 31.0 Å². The molecule has 1 aromatic carbocycles. The average molecular weight is 209 g/mol. The number of aryl methyl sites for hydroxylation is 2. The first-order valence-corrected chi connectivity index (χ1v) is 4.59. The Morgan fingerprint density at radius 2 is 2.00 bits per heavy atom. The third-order valence-corrected chi connectivity index (χ3v) is 2.14. The molecule has 0 aliphatic rings. The van der Waals surface area contributed by atoms with Crippen LogP contribution in [0.3, 0.4) is 0 Å². The zero-order valence-electron chi connectivity index (χ0n) is 9.16. The van der Waals surface area contributed by atoms with Gasteiger partial charge >= 0.3 is 5.97 Å². The van der Waals surface area contributed by atoms with Crippen LogP contribution in [0.15, 0.2) is 12.1 Å². The monoisotopic (exact) mass is 209 g/mol. The Morgan fingerprint density at radius 3 is 2.60 bits per heavy atom. The number of carbonyl (C=O) groups is 1. The lowest BCUT2D eigenvalue weighted by molar-refractivity contribution is -0.0125. The molecule has 0 saturated carbocycles. The highest BCUT2D eigenvalue weighted by molar-refractivity contribution is 5.92. The summed E-state index contributed by atoms with van der Waals surface area (Å²) in [5.74, 6) is -0.416. The molecule has 2 N–H and O–H groups in total. The van der Waals surface area contributed by atoms with Crippen LogP contribution in [-0.4, -0.2) is 19.9 Å². The zero-order valence-corrected chi connectivity index (χ0v) is 9.16. The molecule has 0 aliphatic carbocycles. The molecule has 0 radical (unpaired) electrons. The van der Waals surface area contributed by atoms with Gasteiger partial charge in [-0.3, -0.25) is 0 Å². The van der Waals surface area contributed by atoms with Gasteiger partial charge in [0.1, 0.15) is 0 Å². The van der Waals surface area contributed by atoms with E-state index in [0.29, 0.717) is 11.3 Å². The Morgan fingerprint density at radius 1 is 1.33 bits per heavy atom. The summed E-state index contributed by atoms with van der Waals surface area (Å²) in [5, 5.41) is 0. The van der Waals surface area contributed by atoms with E-state index in [1.165, 1.54) is 7.11 Å². The smallest absolute Gasteiger partial charge is 0.340 e. The Balaban J connectivity index is 2.94. The SMILES string of the molecule is COCOC(=O)c1cc(N)c(C)cc1C. The van der Waals surface area contributed by atoms with Gasteiger partial charge in [-0.2, -0.15) is 0 Å². The van der Waals surface area contributed by atoms with E-state index in [0.717, 1.165) is 11.1 Å². The minimum absolute atomic E-state index is 0.0495. The molecule has 15 heavy (non-hydrogen) atoms. The van der Waals surface area contributed by atoms with Crippen molar-refractivity contribution in [3.05, 3.63) is 28.8 Å². The second kappa shape index (κ2) is 4.79. The maximum Gasteiger partial charge on any atom is 0.340 e. The molecule has 4 heteroatoms. The molecule has 1 rings (SSSR count). The van der Waals surface area contributed by atoms with Crippen molar-refractivity contribution in [1.29, 1.82) is 0 Å². The van der Waals surface area contributed by atoms with E-state index in [1.807, 2.05) is 19.9 Å². The predicted molar refractivity (Wildman–Crippen MR) is 57.6 cm³/mol. The number of carbonyl (C=O) groups excluding carboxylic acids is 1. The van der Waals surface area contributed by atoms with Crippen molar-refractivity contribution < 1.29 is 14.3 Å². The molecule has 0 aromatic heterocycles. The van der Waals surface area contributed by atoms with Crippen molar-refractivity contribution in [2.24, 2.45) is 0 Å². The van der Waals surface area contributed by atoms with Crippen LogP contribution in [0.5, 0.6) is 0 Å². The molecule has 0 bridgehead atoms. The molecule has 82 valence electrons. The van der Waals surface area contributed by atoms with Crippen molar-refractivity contribution >= 4 is 11.7 Å². The Bertz CT molecular complexity index is 374. The number of esters is 1. The van der Waals surface area contributed by atoms with Crippen LogP contribution < -0.4 is 5.73 Å². The number of methoxy groups -OCH3 is 1. The second-order valence-electron chi connectivity index (χ2n) is 3.36. The maximum absolute atomic E-state index is 11.5. The first kappa shape index (κ1) is 11.5. The fourth-order valence-corrected chi connectivity index (χ4v) is 1.28. The number of rotatable bonds is 3. The molecular formula is C11H15NO3. The summed E-state index contributed by atoms with van der Waals surface area (Å²) in [6, 6.07) is 3.49. The molecule has 0 atom stereocenters. The van der Waals surface area contributed by atoms with Gasteiger partial charge in [0.15, 0.2) is 6.79 Å². The summed E-state index contributed by atoms with van der Waals surface area (Å²) in [4.78, 5) is 11.5. The third-order valence-electron chi connectivity index (χ3n) is 2.14. The van der Waals surface area contributed by atoms with Crippen molar-refractivity contribution in [2.75, 3.05) is 19.6 Å². The minimum Gasteiger partial charge on any atom is -0.435 e. The van der Waals surface area contributed by atoms with E-state index in [2.05, 4.69) is 4.74 Å². The summed E-state index contributed by atoms with van der Waals surface area (Å²) in [6.45, 7) is 3.69. The Labute approximate surface area is 89.0 Å². The highest BCUT2D eigenvalue weighted by Crippen LogP contribution is 2.18. The minimum atomic E-state index is -0.416. The summed E-state index contributed by atoms with van der Waals surface area (Å²) in [5.41, 5.74) is 8.59. The molecule has 1 aromatic rings. The topological polar surface area (TPSA) is 61.5 Å². The third kappa shape index (κ3) is 2.70. The van der Waals surface area contributed by atoms with E-state index in [1.54, 1.807) is 6.07 Å². The molecular weight excluding hydrogens is 194 g/mol. The predicted octanol–water partition coefficient (Wildman–Crippen LogP) is 1.65. The summed E-state index contributed by atoms with van der Waals surface area (Å²) >= 11 is 0. The zero-order chi connectivity index (χ0) is 11.4. The van der Waals surface area contributed by atoms with E-state index < -0.39 is 5.97 Å². The largest absolute Gasteiger partial charge is 0.435 e. The highest BCUT2D eigenvalue weighted by atomic mass is 16.7. The number of nitrogen functional groups attached to an aromatic ring is 1. The van der Waals surface area contributed by atoms with Crippen molar-refractivity contribution in [3.8, 4) is 0 Å². The lowest BCUT2D eigenvalue weighted by atomic mass is 10.0. The number of hydrogen-bond acceptors (Lipinski definition) is 4. The first-order valence-electron chi connectivity index (χ1n) is 4.59. The molecule has 0 unspecified atom stereocenters. The quantitative estimate of drug-likeness (QED) is 0.467. The molecule has 4 nitrogen and oxygen atoms in total. The number of hydrogen-bond donors (Lipinski definition) is 1. The highest BCUT2D eigenvalue weighted by Gasteiger charge is 2.11. The molecule has 0 amide bonds. The van der Waals surface area contributed by atoms with Gasteiger partial charge in [-0.25, -0.2) is 4.79 Å². The molecule has 0 heterocycles. The number of ether oxygens (including phenoxy) is 2. The Hall–Kier alpha value is -1.55. The van der Waals surface area contributed by atoms with Crippen LogP contribution in [-0.2, 0) is 9.47 Å². The van der Waals surface area contributed by atoms with Crippen molar-refractivity contribution in [1.82, 2.24) is 0 Å². The number of anilines is 1. The molecule has 0 aliphatic heterocycles. The van der Waals surface area contributed by atoms with Crippen LogP contribution in [0, 0.1) is 13.8 Å². The lowest BCUT2D eigenvalue weighted by Crippen LogP contribution is -2.10. The van der Waals surface area contributed by atoms with Gasteiger partial charge in [0.2, 0.25) is 0 Å². The molecule has 0 spiro atoms. The van der Waals surface area contributed by atoms with Crippen LogP contribution in [0.1, 0.15) is 21.5 Å². The van der Waals surface area contributed by atoms with Gasteiger partial charge in [-0.15, -0.1) is 0 Å². The van der Waals surface area contributed by atoms with Crippen LogP contribution in [0.2, 0.25) is 0 Å². The standard InChI is InChI=1S/C11H15NO3/c1-7-4-8(2)10(12)5-9(7)11(13)15-6-14-3/h4-5H,6,12H2,1-3H3. The summed E-state index contributed by atoms with van der Waals surface area (Å²) < 4.78 is 9.49. The van der Waals surface area contributed by atoms with E-state index in [-0.39, 0.29) is 6.79 Å². The normalized spacial score (nSPS) is 10.1. The summed E-state index contributed by atoms with van der Waals surface area (Å²) in [6.07, 6.45) is 0. The van der Waals surface area contributed by atoms with Gasteiger partial charge in [0, 0.05) is 12.8 Å². The Kier molecular flexibility index (Phi) is 3.68. The molecule has 0 saturated heterocycles. The van der Waals surface area contributed by atoms with Crippen LogP contribution >= 0.6 is 0 Å². The van der Waals surface area contributed by atoms with Gasteiger partial charge in [-0.1, -0.05) is 6.07 Å². The maximum atomic E-state index is 11.5. The average Bonchev–Trinajstić information content (AvgIpc) is 2.20. The number of benzene rings is 1. The van der Waals surface area contributed by atoms with Crippen molar-refractivity contribution in [2.45, 2.75) is 13.8 Å². The van der Waals surface area contributed by atoms with E-state index in [9.17, 15) is 4.79 Å². The van der Waals surface area contributed by atoms with E-state index >= 15 is 0 Å². The van der Waals surface area contributed by atoms with Gasteiger partial charge < -0.3 is 15.2 Å².